The average Bonchev–Trinajstić information content (AvgIpc) is 2.35. The van der Waals surface area contributed by atoms with E-state index in [0.717, 1.165) is 21.3 Å². The third-order valence-electron chi connectivity index (χ3n) is 2.94. The molecule has 104 valence electrons. The fraction of sp³-hybridized carbons (Fsp3) is 0.200. The van der Waals surface area contributed by atoms with Gasteiger partial charge in [0, 0.05) is 28.3 Å². The summed E-state index contributed by atoms with van der Waals surface area (Å²) < 4.78 is 0.834. The van der Waals surface area contributed by atoms with Crippen LogP contribution in [0.2, 0.25) is 0 Å². The number of anilines is 1. The Morgan fingerprint density at radius 3 is 2.40 bits per heavy atom. The average molecular weight is 335 g/mol. The second-order valence-corrected chi connectivity index (χ2v) is 5.68. The number of nitro benzene ring substituents is 1. The van der Waals surface area contributed by atoms with Crippen molar-refractivity contribution in [2.24, 2.45) is 0 Å². The largest absolute Gasteiger partial charge is 0.381 e. The molecule has 1 N–H and O–H groups in total. The summed E-state index contributed by atoms with van der Waals surface area (Å²) in [5, 5.41) is 14.3. The van der Waals surface area contributed by atoms with Crippen molar-refractivity contribution < 1.29 is 4.92 Å². The lowest BCUT2D eigenvalue weighted by atomic mass is 10.1. The lowest BCUT2D eigenvalue weighted by molar-refractivity contribution is -0.385. The molecule has 5 heteroatoms. The monoisotopic (exact) mass is 334 g/mol. The summed E-state index contributed by atoms with van der Waals surface area (Å²) in [7, 11) is 0. The van der Waals surface area contributed by atoms with Crippen LogP contribution in [0.5, 0.6) is 0 Å². The first-order valence-corrected chi connectivity index (χ1v) is 7.00. The molecular formula is C15H15BrN2O2. The maximum absolute atomic E-state index is 11.0. The molecule has 0 saturated heterocycles. The summed E-state index contributed by atoms with van der Waals surface area (Å²) in [6.07, 6.45) is 0. The number of halogens is 1. The summed E-state index contributed by atoms with van der Waals surface area (Å²) >= 11 is 3.34. The van der Waals surface area contributed by atoms with E-state index < -0.39 is 0 Å². The van der Waals surface area contributed by atoms with Crippen LogP contribution in [0.3, 0.4) is 0 Å². The van der Waals surface area contributed by atoms with E-state index in [-0.39, 0.29) is 10.6 Å². The third-order valence-corrected chi connectivity index (χ3v) is 3.44. The van der Waals surface area contributed by atoms with Gasteiger partial charge in [0.15, 0.2) is 0 Å². The van der Waals surface area contributed by atoms with Gasteiger partial charge >= 0.3 is 0 Å². The van der Waals surface area contributed by atoms with Gasteiger partial charge in [-0.1, -0.05) is 22.0 Å². The molecule has 0 aliphatic carbocycles. The van der Waals surface area contributed by atoms with Gasteiger partial charge in [-0.3, -0.25) is 10.1 Å². The van der Waals surface area contributed by atoms with Crippen molar-refractivity contribution in [3.05, 3.63) is 67.7 Å². The van der Waals surface area contributed by atoms with Crippen molar-refractivity contribution in [2.45, 2.75) is 20.4 Å². The molecular weight excluding hydrogens is 320 g/mol. The predicted octanol–water partition coefficient (Wildman–Crippen LogP) is 4.59. The van der Waals surface area contributed by atoms with Crippen LogP contribution in [0.25, 0.3) is 0 Å². The van der Waals surface area contributed by atoms with Crippen LogP contribution in [0.15, 0.2) is 40.9 Å². The Morgan fingerprint density at radius 2 is 1.80 bits per heavy atom. The van der Waals surface area contributed by atoms with Crippen molar-refractivity contribution >= 4 is 27.3 Å². The van der Waals surface area contributed by atoms with Crippen LogP contribution in [0.4, 0.5) is 11.4 Å². The number of aryl methyl sites for hydroxylation is 2. The molecule has 0 aliphatic rings. The van der Waals surface area contributed by atoms with Crippen LogP contribution < -0.4 is 5.32 Å². The molecule has 0 bridgehead atoms. The molecule has 0 atom stereocenters. The van der Waals surface area contributed by atoms with Gasteiger partial charge in [0.05, 0.1) is 4.92 Å². The van der Waals surface area contributed by atoms with Gasteiger partial charge in [-0.05, 0) is 49.2 Å². The standard InChI is InChI=1S/C15H15BrN2O2/c1-10-5-11(2)7-14(6-10)17-9-12-8-13(16)3-4-15(12)18(19)20/h3-8,17H,9H2,1-2H3. The Labute approximate surface area is 126 Å². The molecule has 0 aromatic heterocycles. The molecule has 4 nitrogen and oxygen atoms in total. The van der Waals surface area contributed by atoms with E-state index in [1.165, 1.54) is 6.07 Å². The van der Waals surface area contributed by atoms with E-state index in [1.54, 1.807) is 12.1 Å². The van der Waals surface area contributed by atoms with E-state index >= 15 is 0 Å². The summed E-state index contributed by atoms with van der Waals surface area (Å²) in [6.45, 7) is 4.47. The van der Waals surface area contributed by atoms with Gasteiger partial charge in [-0.15, -0.1) is 0 Å². The highest BCUT2D eigenvalue weighted by atomic mass is 79.9. The van der Waals surface area contributed by atoms with Gasteiger partial charge in [0.1, 0.15) is 0 Å². The minimum atomic E-state index is -0.356. The summed E-state index contributed by atoms with van der Waals surface area (Å²) in [5.41, 5.74) is 4.08. The molecule has 0 heterocycles. The molecule has 0 spiro atoms. The van der Waals surface area contributed by atoms with Crippen LogP contribution in [-0.4, -0.2) is 4.92 Å². The van der Waals surface area contributed by atoms with E-state index in [4.69, 9.17) is 0 Å². The van der Waals surface area contributed by atoms with Crippen LogP contribution >= 0.6 is 15.9 Å². The van der Waals surface area contributed by atoms with Gasteiger partial charge < -0.3 is 5.32 Å². The van der Waals surface area contributed by atoms with Crippen molar-refractivity contribution in [2.75, 3.05) is 5.32 Å². The van der Waals surface area contributed by atoms with E-state index in [2.05, 4.69) is 27.3 Å². The number of hydrogen-bond acceptors (Lipinski definition) is 3. The Morgan fingerprint density at radius 1 is 1.15 bits per heavy atom. The smallest absolute Gasteiger partial charge is 0.274 e. The second kappa shape index (κ2) is 6.05. The Bertz CT molecular complexity index is 636. The van der Waals surface area contributed by atoms with E-state index in [1.807, 2.05) is 26.0 Å². The fourth-order valence-electron chi connectivity index (χ4n) is 2.15. The van der Waals surface area contributed by atoms with E-state index in [0.29, 0.717) is 12.1 Å². The molecule has 0 unspecified atom stereocenters. The Balaban J connectivity index is 2.22. The highest BCUT2D eigenvalue weighted by Gasteiger charge is 2.13. The zero-order valence-corrected chi connectivity index (χ0v) is 12.9. The zero-order valence-electron chi connectivity index (χ0n) is 11.3. The van der Waals surface area contributed by atoms with Crippen molar-refractivity contribution in [1.82, 2.24) is 0 Å². The lowest BCUT2D eigenvalue weighted by Gasteiger charge is -2.09. The first-order chi connectivity index (χ1) is 9.45. The number of benzene rings is 2. The third kappa shape index (κ3) is 3.57. The number of nitro groups is 1. The molecule has 0 aliphatic heterocycles. The molecule has 0 saturated carbocycles. The molecule has 0 amide bonds. The molecule has 20 heavy (non-hydrogen) atoms. The van der Waals surface area contributed by atoms with Crippen molar-refractivity contribution in [3.63, 3.8) is 0 Å². The van der Waals surface area contributed by atoms with Gasteiger partial charge in [-0.2, -0.15) is 0 Å². The molecule has 0 radical (unpaired) electrons. The molecule has 2 rings (SSSR count). The van der Waals surface area contributed by atoms with Crippen LogP contribution in [0.1, 0.15) is 16.7 Å². The SMILES string of the molecule is Cc1cc(C)cc(NCc2cc(Br)ccc2[N+](=O)[O-])c1. The Kier molecular flexibility index (Phi) is 4.39. The quantitative estimate of drug-likeness (QED) is 0.657. The minimum Gasteiger partial charge on any atom is -0.381 e. The summed E-state index contributed by atoms with van der Waals surface area (Å²) in [6, 6.07) is 11.1. The molecule has 2 aromatic carbocycles. The van der Waals surface area contributed by atoms with Gasteiger partial charge in [0.25, 0.3) is 5.69 Å². The minimum absolute atomic E-state index is 0.130. The number of hydrogen-bond donors (Lipinski definition) is 1. The predicted molar refractivity (Wildman–Crippen MR) is 84.0 cm³/mol. The highest BCUT2D eigenvalue weighted by Crippen LogP contribution is 2.24. The normalized spacial score (nSPS) is 10.3. The molecule has 0 fully saturated rings. The highest BCUT2D eigenvalue weighted by molar-refractivity contribution is 9.10. The fourth-order valence-corrected chi connectivity index (χ4v) is 2.56. The van der Waals surface area contributed by atoms with E-state index in [9.17, 15) is 10.1 Å². The summed E-state index contributed by atoms with van der Waals surface area (Å²) in [4.78, 5) is 10.7. The van der Waals surface area contributed by atoms with Crippen LogP contribution in [0, 0.1) is 24.0 Å². The topological polar surface area (TPSA) is 55.2 Å². The van der Waals surface area contributed by atoms with Gasteiger partial charge in [0.2, 0.25) is 0 Å². The first-order valence-electron chi connectivity index (χ1n) is 6.20. The van der Waals surface area contributed by atoms with Crippen LogP contribution in [-0.2, 0) is 6.54 Å². The number of nitrogens with one attached hydrogen (secondary N) is 1. The summed E-state index contributed by atoms with van der Waals surface area (Å²) in [5.74, 6) is 0. The number of nitrogens with zero attached hydrogens (tertiary/aromatic N) is 1. The zero-order chi connectivity index (χ0) is 14.7. The maximum atomic E-state index is 11.0. The Hall–Kier alpha value is -1.88. The first kappa shape index (κ1) is 14.5. The lowest BCUT2D eigenvalue weighted by Crippen LogP contribution is -2.03. The van der Waals surface area contributed by atoms with Crippen molar-refractivity contribution in [3.8, 4) is 0 Å². The van der Waals surface area contributed by atoms with Gasteiger partial charge in [-0.25, -0.2) is 0 Å². The maximum Gasteiger partial charge on any atom is 0.274 e. The van der Waals surface area contributed by atoms with Crippen molar-refractivity contribution in [1.29, 1.82) is 0 Å². The molecule has 2 aromatic rings. The number of rotatable bonds is 4. The second-order valence-electron chi connectivity index (χ2n) is 4.76.